The van der Waals surface area contributed by atoms with E-state index in [-0.39, 0.29) is 23.1 Å². The highest BCUT2D eigenvalue weighted by Crippen LogP contribution is 2.30. The maximum atomic E-state index is 12.8. The van der Waals surface area contributed by atoms with Crippen LogP contribution in [-0.4, -0.2) is 29.8 Å². The van der Waals surface area contributed by atoms with E-state index in [0.29, 0.717) is 13.0 Å². The van der Waals surface area contributed by atoms with Gasteiger partial charge in [-0.2, -0.15) is 0 Å². The number of anilines is 1. The van der Waals surface area contributed by atoms with Crippen LogP contribution in [0.25, 0.3) is 0 Å². The number of nitrogens with one attached hydrogen (secondary N) is 1. The zero-order valence-corrected chi connectivity index (χ0v) is 16.9. The van der Waals surface area contributed by atoms with E-state index in [1.54, 1.807) is 0 Å². The van der Waals surface area contributed by atoms with Gasteiger partial charge in [0, 0.05) is 25.2 Å². The molecule has 0 spiro atoms. The molecule has 146 valence electrons. The lowest BCUT2D eigenvalue weighted by atomic mass is 9.85. The number of hydrogen-bond acceptors (Lipinski definition) is 2. The summed E-state index contributed by atoms with van der Waals surface area (Å²) in [5.41, 5.74) is 3.40. The predicted octanol–water partition coefficient (Wildman–Crippen LogP) is 4.66. The van der Waals surface area contributed by atoms with Gasteiger partial charge in [0.15, 0.2) is 0 Å². The van der Waals surface area contributed by atoms with Crippen LogP contribution in [0.3, 0.4) is 0 Å². The summed E-state index contributed by atoms with van der Waals surface area (Å²) in [6, 6.07) is 7.94. The van der Waals surface area contributed by atoms with E-state index < -0.39 is 0 Å². The lowest BCUT2D eigenvalue weighted by Crippen LogP contribution is -2.30. The Balaban J connectivity index is 1.59. The molecule has 4 heteroatoms. The molecule has 4 nitrogen and oxygen atoms in total. The Morgan fingerprint density at radius 1 is 1.22 bits per heavy atom. The molecule has 2 amide bonds. The molecule has 1 saturated heterocycles. The number of rotatable bonds is 5. The summed E-state index contributed by atoms with van der Waals surface area (Å²) in [6.45, 7) is 7.69. The molecule has 1 atom stereocenters. The fraction of sp³-hybridized carbons (Fsp3) is 0.565. The molecule has 0 aromatic heterocycles. The third kappa shape index (κ3) is 5.00. The van der Waals surface area contributed by atoms with Gasteiger partial charge in [-0.05, 0) is 49.1 Å². The Morgan fingerprint density at radius 2 is 2.00 bits per heavy atom. The quantitative estimate of drug-likeness (QED) is 0.768. The molecule has 1 fully saturated rings. The topological polar surface area (TPSA) is 49.4 Å². The van der Waals surface area contributed by atoms with Gasteiger partial charge in [0.1, 0.15) is 0 Å². The Morgan fingerprint density at radius 3 is 2.70 bits per heavy atom. The first-order valence-electron chi connectivity index (χ1n) is 10.2. The number of hydrogen-bond donors (Lipinski definition) is 1. The van der Waals surface area contributed by atoms with Crippen LogP contribution in [0.2, 0.25) is 0 Å². The monoisotopic (exact) mass is 368 g/mol. The lowest BCUT2D eigenvalue weighted by Gasteiger charge is -2.23. The highest BCUT2D eigenvalue weighted by atomic mass is 16.2. The van der Waals surface area contributed by atoms with E-state index in [4.69, 9.17) is 0 Å². The van der Waals surface area contributed by atoms with Gasteiger partial charge in [-0.25, -0.2) is 0 Å². The number of nitrogens with zero attached hydrogens (tertiary/aromatic N) is 1. The second kappa shape index (κ2) is 8.28. The van der Waals surface area contributed by atoms with Gasteiger partial charge in [-0.15, -0.1) is 0 Å². The summed E-state index contributed by atoms with van der Waals surface area (Å²) in [5.74, 6) is -0.194. The highest BCUT2D eigenvalue weighted by Gasteiger charge is 2.34. The van der Waals surface area contributed by atoms with Crippen molar-refractivity contribution in [3.8, 4) is 0 Å². The van der Waals surface area contributed by atoms with Gasteiger partial charge in [-0.3, -0.25) is 9.59 Å². The molecule has 27 heavy (non-hydrogen) atoms. The number of amides is 2. The minimum absolute atomic E-state index is 0.0422. The first-order chi connectivity index (χ1) is 12.8. The summed E-state index contributed by atoms with van der Waals surface area (Å²) in [4.78, 5) is 27.0. The smallest absolute Gasteiger partial charge is 0.229 e. The lowest BCUT2D eigenvalue weighted by molar-refractivity contribution is -0.128. The zero-order valence-electron chi connectivity index (χ0n) is 16.9. The molecule has 1 N–H and O–H groups in total. The van der Waals surface area contributed by atoms with Gasteiger partial charge in [0.25, 0.3) is 0 Å². The molecule has 0 radical (unpaired) electrons. The molecule has 2 aliphatic rings. The molecular formula is C23H32N2O2. The summed E-state index contributed by atoms with van der Waals surface area (Å²) >= 11 is 0. The number of para-hydroxylation sites is 1. The maximum absolute atomic E-state index is 12.8. The molecule has 1 aromatic carbocycles. The number of carbonyl (C=O) groups excluding carboxylic acids is 2. The number of carbonyl (C=O) groups is 2. The van der Waals surface area contributed by atoms with Crippen LogP contribution in [0.1, 0.15) is 64.9 Å². The van der Waals surface area contributed by atoms with E-state index >= 15 is 0 Å². The van der Waals surface area contributed by atoms with Crippen LogP contribution in [-0.2, 0) is 15.0 Å². The minimum Gasteiger partial charge on any atom is -0.342 e. The highest BCUT2D eigenvalue weighted by molar-refractivity contribution is 5.97. The number of benzene rings is 1. The summed E-state index contributed by atoms with van der Waals surface area (Å²) in [5, 5.41) is 3.08. The van der Waals surface area contributed by atoms with Crippen molar-refractivity contribution < 1.29 is 9.59 Å². The summed E-state index contributed by atoms with van der Waals surface area (Å²) < 4.78 is 0. The fourth-order valence-electron chi connectivity index (χ4n) is 4.06. The first kappa shape index (κ1) is 19.7. The van der Waals surface area contributed by atoms with E-state index in [1.807, 2.05) is 23.1 Å². The SMILES string of the molecule is CC(C)(C)c1ccccc1NC(=O)C1CC(=O)N(CCC2=CCCCC2)C1. The third-order valence-electron chi connectivity index (χ3n) is 5.67. The van der Waals surface area contributed by atoms with Crippen molar-refractivity contribution in [1.29, 1.82) is 0 Å². The number of allylic oxidation sites excluding steroid dienone is 1. The normalized spacial score (nSPS) is 20.6. The van der Waals surface area contributed by atoms with Crippen molar-refractivity contribution in [2.45, 2.75) is 64.7 Å². The third-order valence-corrected chi connectivity index (χ3v) is 5.67. The molecule has 1 aliphatic carbocycles. The van der Waals surface area contributed by atoms with Crippen LogP contribution in [0.4, 0.5) is 5.69 Å². The zero-order chi connectivity index (χ0) is 19.4. The van der Waals surface area contributed by atoms with Gasteiger partial charge in [-0.1, -0.05) is 50.6 Å². The van der Waals surface area contributed by atoms with E-state index in [1.165, 1.54) is 24.8 Å². The Labute approximate surface area is 163 Å². The predicted molar refractivity (Wildman–Crippen MR) is 110 cm³/mol. The van der Waals surface area contributed by atoms with Gasteiger partial charge in [0.2, 0.25) is 11.8 Å². The number of likely N-dealkylation sites (tertiary alicyclic amines) is 1. The van der Waals surface area contributed by atoms with Crippen molar-refractivity contribution >= 4 is 17.5 Å². The van der Waals surface area contributed by atoms with E-state index in [0.717, 1.165) is 30.6 Å². The molecule has 3 rings (SSSR count). The van der Waals surface area contributed by atoms with Crippen molar-refractivity contribution in [3.05, 3.63) is 41.5 Å². The fourth-order valence-corrected chi connectivity index (χ4v) is 4.06. The molecule has 1 aromatic rings. The maximum Gasteiger partial charge on any atom is 0.229 e. The average molecular weight is 369 g/mol. The van der Waals surface area contributed by atoms with Crippen molar-refractivity contribution in [2.75, 3.05) is 18.4 Å². The van der Waals surface area contributed by atoms with Gasteiger partial charge >= 0.3 is 0 Å². The molecule has 0 bridgehead atoms. The molecule has 1 heterocycles. The van der Waals surface area contributed by atoms with E-state index in [2.05, 4.69) is 38.2 Å². The molecular weight excluding hydrogens is 336 g/mol. The second-order valence-corrected chi connectivity index (χ2v) is 8.88. The average Bonchev–Trinajstić information content (AvgIpc) is 3.01. The summed E-state index contributed by atoms with van der Waals surface area (Å²) in [7, 11) is 0. The largest absolute Gasteiger partial charge is 0.342 e. The second-order valence-electron chi connectivity index (χ2n) is 8.88. The van der Waals surface area contributed by atoms with Gasteiger partial charge in [0.05, 0.1) is 5.92 Å². The Bertz CT molecular complexity index is 730. The van der Waals surface area contributed by atoms with Gasteiger partial charge < -0.3 is 10.2 Å². The van der Waals surface area contributed by atoms with E-state index in [9.17, 15) is 9.59 Å². The minimum atomic E-state index is -0.258. The van der Waals surface area contributed by atoms with Crippen molar-refractivity contribution in [2.24, 2.45) is 5.92 Å². The van der Waals surface area contributed by atoms with Crippen LogP contribution >= 0.6 is 0 Å². The molecule has 0 saturated carbocycles. The van der Waals surface area contributed by atoms with Crippen molar-refractivity contribution in [1.82, 2.24) is 4.90 Å². The summed E-state index contributed by atoms with van der Waals surface area (Å²) in [6.07, 6.45) is 8.48. The first-order valence-corrected chi connectivity index (χ1v) is 10.2. The molecule has 1 unspecified atom stereocenters. The van der Waals surface area contributed by atoms with Crippen molar-refractivity contribution in [3.63, 3.8) is 0 Å². The van der Waals surface area contributed by atoms with Crippen LogP contribution < -0.4 is 5.32 Å². The Kier molecular flexibility index (Phi) is 6.03. The van der Waals surface area contributed by atoms with Crippen LogP contribution in [0.15, 0.2) is 35.9 Å². The van der Waals surface area contributed by atoms with Crippen LogP contribution in [0, 0.1) is 5.92 Å². The van der Waals surface area contributed by atoms with Crippen LogP contribution in [0.5, 0.6) is 0 Å². The molecule has 1 aliphatic heterocycles. The Hall–Kier alpha value is -2.10. The standard InChI is InChI=1S/C23H32N2O2/c1-23(2,3)19-11-7-8-12-20(19)24-22(27)18-15-21(26)25(16-18)14-13-17-9-5-4-6-10-17/h7-9,11-12,18H,4-6,10,13-16H2,1-3H3,(H,24,27).